The predicted octanol–water partition coefficient (Wildman–Crippen LogP) is 2.28. The van der Waals surface area contributed by atoms with Gasteiger partial charge in [0.25, 0.3) is 22.7 Å². The summed E-state index contributed by atoms with van der Waals surface area (Å²) in [7, 11) is 2.02. The summed E-state index contributed by atoms with van der Waals surface area (Å²) in [4.78, 5) is 89.3. The number of carbonyl (C=O) groups excluding carboxylic acids is 2. The van der Waals surface area contributed by atoms with Crippen LogP contribution in [0.2, 0.25) is 0 Å². The lowest BCUT2D eigenvalue weighted by Crippen LogP contribution is -2.43. The molecule has 0 aromatic heterocycles. The number of nitrogens with zero attached hydrogens (tertiary/aromatic N) is 4. The highest BCUT2D eigenvalue weighted by Gasteiger charge is 2.24. The van der Waals surface area contributed by atoms with Gasteiger partial charge in [0, 0.05) is 49.6 Å². The van der Waals surface area contributed by atoms with Gasteiger partial charge in [-0.1, -0.05) is 21.6 Å². The smallest absolute Gasteiger partial charge is 0.327 e. The molecule has 0 aliphatic rings. The Bertz CT molecular complexity index is 1890. The molecule has 0 aliphatic carbocycles. The van der Waals surface area contributed by atoms with Crippen molar-refractivity contribution < 1.29 is 87.0 Å². The number of ether oxygens (including phenoxy) is 8. The molecule has 0 bridgehead atoms. The van der Waals surface area contributed by atoms with Crippen LogP contribution in [0.1, 0.15) is 12.8 Å². The molecular formula is C40H58N8O22S2. The van der Waals surface area contributed by atoms with Crippen molar-refractivity contribution in [3.8, 4) is 0 Å². The Morgan fingerprint density at radius 2 is 0.750 bits per heavy atom. The third-order valence-corrected chi connectivity index (χ3v) is 11.3. The van der Waals surface area contributed by atoms with E-state index < -0.39 is 78.3 Å². The van der Waals surface area contributed by atoms with Crippen LogP contribution in [0.25, 0.3) is 0 Å². The fourth-order valence-corrected chi connectivity index (χ4v) is 7.66. The number of non-ortho nitro benzene ring substituents is 2. The molecule has 2 unspecified atom stereocenters. The molecule has 30 nitrogen and oxygen atoms in total. The molecule has 0 saturated carbocycles. The SMILES string of the molecule is O=C(CCOCCOCCOCCOCCNc1ccc([N+](=O)[O-])cc1[N+](=O)[O-])NC(CSSCC(NC(=O)CCOCCOCCOCCOCCNc1ccc([N+](=O)[O-])cc1[N+](=O)[O-])C(=O)O)C(=O)O. The monoisotopic (exact) mass is 1070 g/mol. The van der Waals surface area contributed by atoms with E-state index in [-0.39, 0.29) is 155 Å². The van der Waals surface area contributed by atoms with Gasteiger partial charge in [-0.05, 0) is 12.1 Å². The number of aliphatic carboxylic acids is 2. The molecule has 2 aromatic carbocycles. The Morgan fingerprint density at radius 3 is 1.03 bits per heavy atom. The van der Waals surface area contributed by atoms with Crippen molar-refractivity contribution in [1.82, 2.24) is 10.6 Å². The zero-order valence-electron chi connectivity index (χ0n) is 38.8. The Morgan fingerprint density at radius 1 is 0.458 bits per heavy atom. The first-order chi connectivity index (χ1) is 34.6. The molecule has 0 saturated heterocycles. The van der Waals surface area contributed by atoms with Gasteiger partial charge in [0.15, 0.2) is 0 Å². The number of benzene rings is 2. The normalized spacial score (nSPS) is 11.8. The summed E-state index contributed by atoms with van der Waals surface area (Å²) in [5, 5.41) is 73.6. The van der Waals surface area contributed by atoms with Gasteiger partial charge in [-0.15, -0.1) is 0 Å². The number of carboxylic acid groups (broad SMARTS) is 2. The summed E-state index contributed by atoms with van der Waals surface area (Å²) in [5.74, 6) is -3.92. The standard InChI is InChI=1S/C40H58N8O22S2/c49-37(5-9-63-13-17-67-21-23-69-19-15-65-11-7-41-31-3-1-29(45(55)56)25-35(31)47(59)60)43-33(39(51)52)27-71-72-28-34(40(53)54)44-38(50)6-10-64-14-18-68-22-24-70-20-16-66-12-8-42-32-4-2-30(46(57)58)26-36(32)48(61)62/h1-4,25-26,33-34,41-42H,5-24,27-28H2,(H,43,49)(H,44,50)(H,51,52)(H,53,54). The van der Waals surface area contributed by atoms with Crippen LogP contribution in [0.15, 0.2) is 36.4 Å². The molecule has 32 heteroatoms. The minimum Gasteiger partial charge on any atom is -0.480 e. The van der Waals surface area contributed by atoms with Gasteiger partial charge in [-0.3, -0.25) is 50.0 Å². The van der Waals surface area contributed by atoms with Crippen LogP contribution in [0.5, 0.6) is 0 Å². The number of nitrogens with one attached hydrogen (secondary N) is 4. The average molecular weight is 1070 g/mol. The zero-order chi connectivity index (χ0) is 52.9. The Hall–Kier alpha value is -6.10. The van der Waals surface area contributed by atoms with Gasteiger partial charge in [0.2, 0.25) is 11.8 Å². The molecule has 2 aromatic rings. The van der Waals surface area contributed by atoms with Gasteiger partial charge >= 0.3 is 11.9 Å². The van der Waals surface area contributed by atoms with E-state index in [1.807, 2.05) is 0 Å². The summed E-state index contributed by atoms with van der Waals surface area (Å²) in [5.41, 5.74) is -1.37. The Kier molecular flexibility index (Phi) is 32.4. The van der Waals surface area contributed by atoms with Gasteiger partial charge in [0.1, 0.15) is 23.5 Å². The highest BCUT2D eigenvalue weighted by Crippen LogP contribution is 2.30. The van der Waals surface area contributed by atoms with E-state index >= 15 is 0 Å². The number of carbonyl (C=O) groups is 4. The molecule has 0 fully saturated rings. The largest absolute Gasteiger partial charge is 0.480 e. The Labute approximate surface area is 418 Å². The summed E-state index contributed by atoms with van der Waals surface area (Å²) in [6.07, 6.45) is -0.250. The molecule has 6 N–H and O–H groups in total. The van der Waals surface area contributed by atoms with Gasteiger partial charge < -0.3 is 69.4 Å². The fourth-order valence-electron chi connectivity index (χ4n) is 5.35. The number of hydrogen-bond donors (Lipinski definition) is 6. The topological polar surface area (TPSA) is 403 Å². The Balaban J connectivity index is 1.41. The second kappa shape index (κ2) is 37.6. The van der Waals surface area contributed by atoms with Crippen molar-refractivity contribution in [1.29, 1.82) is 0 Å². The maximum atomic E-state index is 12.3. The highest BCUT2D eigenvalue weighted by atomic mass is 33.1. The van der Waals surface area contributed by atoms with Crippen molar-refractivity contribution >= 4 is 79.5 Å². The van der Waals surface area contributed by atoms with Crippen molar-refractivity contribution in [3.63, 3.8) is 0 Å². The second-order valence-electron chi connectivity index (χ2n) is 14.2. The number of carboxylic acids is 2. The molecule has 0 spiro atoms. The first-order valence-corrected chi connectivity index (χ1v) is 24.3. The lowest BCUT2D eigenvalue weighted by Gasteiger charge is -2.16. The zero-order valence-corrected chi connectivity index (χ0v) is 40.5. The van der Waals surface area contributed by atoms with E-state index in [9.17, 15) is 69.8 Å². The van der Waals surface area contributed by atoms with Crippen LogP contribution >= 0.6 is 21.6 Å². The number of nitro benzene ring substituents is 4. The fraction of sp³-hybridized carbons (Fsp3) is 0.600. The maximum absolute atomic E-state index is 12.3. The predicted molar refractivity (Wildman–Crippen MR) is 256 cm³/mol. The summed E-state index contributed by atoms with van der Waals surface area (Å²) < 4.78 is 43.1. The van der Waals surface area contributed by atoms with Crippen LogP contribution in [0.4, 0.5) is 34.1 Å². The van der Waals surface area contributed by atoms with Crippen molar-refractivity contribution in [2.75, 3.05) is 141 Å². The molecular weight excluding hydrogens is 1010 g/mol. The quantitative estimate of drug-likeness (QED) is 0.0240. The van der Waals surface area contributed by atoms with E-state index in [0.29, 0.717) is 0 Å². The van der Waals surface area contributed by atoms with E-state index in [4.69, 9.17) is 37.9 Å². The first kappa shape index (κ1) is 62.0. The average Bonchev–Trinajstić information content (AvgIpc) is 3.34. The van der Waals surface area contributed by atoms with Gasteiger partial charge in [0.05, 0.1) is 138 Å². The van der Waals surface area contributed by atoms with Crippen LogP contribution in [-0.4, -0.2) is 196 Å². The van der Waals surface area contributed by atoms with E-state index in [1.54, 1.807) is 0 Å². The third-order valence-electron chi connectivity index (χ3n) is 8.90. The van der Waals surface area contributed by atoms with Crippen LogP contribution < -0.4 is 21.3 Å². The van der Waals surface area contributed by atoms with Crippen LogP contribution in [-0.2, 0) is 57.1 Å². The first-order valence-electron chi connectivity index (χ1n) is 21.8. The lowest BCUT2D eigenvalue weighted by molar-refractivity contribution is -0.393. The molecule has 0 radical (unpaired) electrons. The number of anilines is 2. The molecule has 2 atom stereocenters. The van der Waals surface area contributed by atoms with E-state index in [2.05, 4.69) is 21.3 Å². The van der Waals surface area contributed by atoms with Crippen LogP contribution in [0, 0.1) is 40.5 Å². The van der Waals surface area contributed by atoms with E-state index in [1.165, 1.54) is 12.1 Å². The minimum atomic E-state index is -1.29. The van der Waals surface area contributed by atoms with Crippen LogP contribution in [0.3, 0.4) is 0 Å². The molecule has 72 heavy (non-hydrogen) atoms. The molecule has 2 rings (SSSR count). The number of hydrogen-bond acceptors (Lipinski definition) is 24. The van der Waals surface area contributed by atoms with Crippen molar-refractivity contribution in [2.45, 2.75) is 24.9 Å². The highest BCUT2D eigenvalue weighted by molar-refractivity contribution is 8.76. The van der Waals surface area contributed by atoms with Crippen molar-refractivity contribution in [3.05, 3.63) is 76.9 Å². The second-order valence-corrected chi connectivity index (χ2v) is 16.7. The van der Waals surface area contributed by atoms with Gasteiger partial charge in [-0.2, -0.15) is 0 Å². The summed E-state index contributed by atoms with van der Waals surface area (Å²) in [6.45, 7) is 3.53. The molecule has 0 heterocycles. The molecule has 402 valence electrons. The lowest BCUT2D eigenvalue weighted by atomic mass is 10.2. The number of amides is 2. The van der Waals surface area contributed by atoms with Crippen molar-refractivity contribution in [2.24, 2.45) is 0 Å². The molecule has 2 amide bonds. The minimum absolute atomic E-state index is 0.00403. The van der Waals surface area contributed by atoms with E-state index in [0.717, 1.165) is 45.9 Å². The maximum Gasteiger partial charge on any atom is 0.327 e. The summed E-state index contributed by atoms with van der Waals surface area (Å²) in [6, 6.07) is 4.05. The summed E-state index contributed by atoms with van der Waals surface area (Å²) >= 11 is 0. The number of nitro groups is 4. The third kappa shape index (κ3) is 28.1. The molecule has 0 aliphatic heterocycles. The number of rotatable bonds is 45. The van der Waals surface area contributed by atoms with Gasteiger partial charge in [-0.25, -0.2) is 9.59 Å².